The number of rotatable bonds is 6. The minimum Gasteiger partial charge on any atom is -0.450 e. The minimum absolute atomic E-state index is 0. The third-order valence-electron chi connectivity index (χ3n) is 5.18. The van der Waals surface area contributed by atoms with Gasteiger partial charge in [-0.1, -0.05) is 18.2 Å². The van der Waals surface area contributed by atoms with E-state index in [0.717, 1.165) is 38.2 Å². The number of nitrogens with one attached hydrogen (secondary N) is 3. The molecule has 29 heavy (non-hydrogen) atoms. The van der Waals surface area contributed by atoms with Gasteiger partial charge in [0.1, 0.15) is 0 Å². The number of carbonyl (C=O) groups is 1. The number of nitrogens with zero attached hydrogens (tertiary/aromatic N) is 2. The van der Waals surface area contributed by atoms with Crippen LogP contribution in [0.25, 0.3) is 10.9 Å². The number of aryl methyl sites for hydroxylation is 1. The lowest BCUT2D eigenvalue weighted by Crippen LogP contribution is -2.50. The van der Waals surface area contributed by atoms with Gasteiger partial charge in [-0.05, 0) is 44.2 Å². The topological polar surface area (TPSA) is 81.8 Å². The highest BCUT2D eigenvalue weighted by Crippen LogP contribution is 2.18. The van der Waals surface area contributed by atoms with Crippen LogP contribution in [-0.4, -0.2) is 61.3 Å². The van der Waals surface area contributed by atoms with Crippen LogP contribution in [0.1, 0.15) is 31.7 Å². The number of fused-ring (bicyclic) bond motifs is 1. The van der Waals surface area contributed by atoms with Crippen molar-refractivity contribution in [2.45, 2.75) is 38.6 Å². The molecule has 2 heterocycles. The van der Waals surface area contributed by atoms with Gasteiger partial charge in [0.2, 0.25) is 0 Å². The molecule has 3 rings (SSSR count). The smallest absolute Gasteiger partial charge is 0.409 e. The highest BCUT2D eigenvalue weighted by Gasteiger charge is 2.23. The summed E-state index contributed by atoms with van der Waals surface area (Å²) in [6.07, 6.45) is 5.75. The maximum absolute atomic E-state index is 11.8. The van der Waals surface area contributed by atoms with E-state index >= 15 is 0 Å². The average Bonchev–Trinajstić information content (AvgIpc) is 3.14. The van der Waals surface area contributed by atoms with Crippen molar-refractivity contribution in [3.63, 3.8) is 0 Å². The number of guanidine groups is 1. The Labute approximate surface area is 189 Å². The summed E-state index contributed by atoms with van der Waals surface area (Å²) in [5, 5.41) is 8.18. The lowest BCUT2D eigenvalue weighted by atomic mass is 10.1. The molecule has 0 aliphatic carbocycles. The molecule has 0 spiro atoms. The summed E-state index contributed by atoms with van der Waals surface area (Å²) in [7, 11) is 1.79. The van der Waals surface area contributed by atoms with Gasteiger partial charge in [0.05, 0.1) is 6.61 Å². The maximum Gasteiger partial charge on any atom is 0.409 e. The number of piperidine rings is 1. The Morgan fingerprint density at radius 3 is 2.79 bits per heavy atom. The molecule has 1 aromatic heterocycles. The van der Waals surface area contributed by atoms with E-state index < -0.39 is 0 Å². The zero-order valence-corrected chi connectivity index (χ0v) is 19.6. The Balaban J connectivity index is 0.00000300. The van der Waals surface area contributed by atoms with E-state index in [2.05, 4.69) is 51.1 Å². The number of likely N-dealkylation sites (tertiary alicyclic amines) is 1. The highest BCUT2D eigenvalue weighted by molar-refractivity contribution is 14.0. The molecule has 1 fully saturated rings. The van der Waals surface area contributed by atoms with E-state index in [4.69, 9.17) is 4.74 Å². The minimum atomic E-state index is -0.208. The van der Waals surface area contributed by atoms with Gasteiger partial charge in [-0.15, -0.1) is 24.0 Å². The highest BCUT2D eigenvalue weighted by atomic mass is 127. The zero-order valence-electron chi connectivity index (χ0n) is 17.2. The van der Waals surface area contributed by atoms with E-state index in [9.17, 15) is 4.79 Å². The summed E-state index contributed by atoms with van der Waals surface area (Å²) < 4.78 is 5.07. The van der Waals surface area contributed by atoms with E-state index in [1.54, 1.807) is 11.9 Å². The number of H-pyrrole nitrogens is 1. The third-order valence-corrected chi connectivity index (χ3v) is 5.18. The first kappa shape index (κ1) is 23.3. The molecule has 8 heteroatoms. The number of carbonyl (C=O) groups excluding carboxylic acids is 1. The summed E-state index contributed by atoms with van der Waals surface area (Å²) in [6, 6.07) is 8.73. The van der Waals surface area contributed by atoms with Crippen molar-refractivity contribution in [3.05, 3.63) is 36.0 Å². The molecular formula is C21H32IN5O2. The Kier molecular flexibility index (Phi) is 9.56. The van der Waals surface area contributed by atoms with E-state index in [1.807, 2.05) is 6.92 Å². The van der Waals surface area contributed by atoms with Crippen molar-refractivity contribution in [1.29, 1.82) is 0 Å². The molecule has 0 bridgehead atoms. The fraction of sp³-hybridized carbons (Fsp3) is 0.524. The predicted molar refractivity (Wildman–Crippen MR) is 128 cm³/mol. The molecule has 7 nitrogen and oxygen atoms in total. The molecule has 0 unspecified atom stereocenters. The van der Waals surface area contributed by atoms with Crippen molar-refractivity contribution in [2.75, 3.05) is 33.3 Å². The van der Waals surface area contributed by atoms with Crippen LogP contribution in [0.2, 0.25) is 0 Å². The number of aliphatic imine (C=N–C) groups is 1. The van der Waals surface area contributed by atoms with Gasteiger partial charge in [0.15, 0.2) is 5.96 Å². The normalized spacial score (nSPS) is 15.1. The monoisotopic (exact) mass is 513 g/mol. The van der Waals surface area contributed by atoms with Crippen molar-refractivity contribution >= 4 is 46.9 Å². The van der Waals surface area contributed by atoms with E-state index in [1.165, 1.54) is 16.5 Å². The first-order valence-corrected chi connectivity index (χ1v) is 10.1. The van der Waals surface area contributed by atoms with Crippen LogP contribution in [-0.2, 0) is 11.2 Å². The van der Waals surface area contributed by atoms with Crippen LogP contribution in [0, 0.1) is 0 Å². The number of para-hydroxylation sites is 1. The van der Waals surface area contributed by atoms with Gasteiger partial charge in [-0.2, -0.15) is 0 Å². The fourth-order valence-corrected chi connectivity index (χ4v) is 3.63. The second-order valence-electron chi connectivity index (χ2n) is 7.07. The summed E-state index contributed by atoms with van der Waals surface area (Å²) in [4.78, 5) is 21.2. The Hall–Kier alpha value is -1.97. The number of halogens is 1. The second kappa shape index (κ2) is 11.9. The number of hydrogen-bond donors (Lipinski definition) is 3. The van der Waals surface area contributed by atoms with Gasteiger partial charge in [-0.3, -0.25) is 4.99 Å². The molecule has 1 aliphatic rings. The van der Waals surface area contributed by atoms with Crippen LogP contribution in [0.5, 0.6) is 0 Å². The Morgan fingerprint density at radius 1 is 1.31 bits per heavy atom. The molecule has 1 aromatic carbocycles. The number of benzene rings is 1. The molecule has 1 aliphatic heterocycles. The number of aromatic nitrogens is 1. The molecule has 0 radical (unpaired) electrons. The Bertz CT molecular complexity index is 799. The van der Waals surface area contributed by atoms with Gasteiger partial charge in [-0.25, -0.2) is 4.79 Å². The molecule has 2 aromatic rings. The largest absolute Gasteiger partial charge is 0.450 e. The van der Waals surface area contributed by atoms with Crippen molar-refractivity contribution in [1.82, 2.24) is 20.5 Å². The van der Waals surface area contributed by atoms with Crippen LogP contribution >= 0.6 is 24.0 Å². The number of ether oxygens (including phenoxy) is 1. The summed E-state index contributed by atoms with van der Waals surface area (Å²) in [5.74, 6) is 0.827. The molecular weight excluding hydrogens is 481 g/mol. The van der Waals surface area contributed by atoms with Crippen LogP contribution in [0.4, 0.5) is 4.79 Å². The SMILES string of the molecule is CCOC(=O)N1CCC(NC(=NC)NCCCc2c[nH]c3ccccc23)CC1.I. The predicted octanol–water partition coefficient (Wildman–Crippen LogP) is 3.50. The van der Waals surface area contributed by atoms with Crippen LogP contribution in [0.3, 0.4) is 0 Å². The summed E-state index contributed by atoms with van der Waals surface area (Å²) >= 11 is 0. The molecule has 3 N–H and O–H groups in total. The average molecular weight is 513 g/mol. The van der Waals surface area contributed by atoms with Gasteiger partial charge in [0.25, 0.3) is 0 Å². The molecule has 1 amide bonds. The number of hydrogen-bond acceptors (Lipinski definition) is 3. The number of aromatic amines is 1. The summed E-state index contributed by atoms with van der Waals surface area (Å²) in [6.45, 7) is 4.55. The Morgan fingerprint density at radius 2 is 2.07 bits per heavy atom. The van der Waals surface area contributed by atoms with Gasteiger partial charge >= 0.3 is 6.09 Å². The van der Waals surface area contributed by atoms with Crippen LogP contribution < -0.4 is 10.6 Å². The van der Waals surface area contributed by atoms with Crippen molar-refractivity contribution in [2.24, 2.45) is 4.99 Å². The van der Waals surface area contributed by atoms with Crippen LogP contribution in [0.15, 0.2) is 35.5 Å². The van der Waals surface area contributed by atoms with Gasteiger partial charge < -0.3 is 25.3 Å². The van der Waals surface area contributed by atoms with Gasteiger partial charge in [0, 0.05) is 49.8 Å². The molecule has 160 valence electrons. The maximum atomic E-state index is 11.8. The first-order valence-electron chi connectivity index (χ1n) is 10.1. The first-order chi connectivity index (χ1) is 13.7. The third kappa shape index (κ3) is 6.52. The quantitative estimate of drug-likeness (QED) is 0.239. The van der Waals surface area contributed by atoms with Crippen molar-refractivity contribution in [3.8, 4) is 0 Å². The standard InChI is InChI=1S/C21H31N5O2.HI/c1-3-28-21(27)26-13-10-17(11-14-26)25-20(22-2)23-12-6-7-16-15-24-19-9-5-4-8-18(16)19;/h4-5,8-9,15,17,24H,3,6-7,10-14H2,1-2H3,(H2,22,23,25);1H. The molecule has 0 atom stereocenters. The second-order valence-corrected chi connectivity index (χ2v) is 7.07. The fourth-order valence-electron chi connectivity index (χ4n) is 3.63. The molecule has 1 saturated heterocycles. The zero-order chi connectivity index (χ0) is 19.8. The van der Waals surface area contributed by atoms with E-state index in [0.29, 0.717) is 25.7 Å². The summed E-state index contributed by atoms with van der Waals surface area (Å²) in [5.41, 5.74) is 2.55. The molecule has 0 saturated carbocycles. The number of amides is 1. The lowest BCUT2D eigenvalue weighted by Gasteiger charge is -2.32. The lowest BCUT2D eigenvalue weighted by molar-refractivity contribution is 0.0963. The van der Waals surface area contributed by atoms with Crippen molar-refractivity contribution < 1.29 is 9.53 Å². The van der Waals surface area contributed by atoms with E-state index in [-0.39, 0.29) is 30.1 Å².